The van der Waals surface area contributed by atoms with E-state index < -0.39 is 0 Å². The molecule has 0 aromatic heterocycles. The molecule has 166 valence electrons. The molecule has 0 N–H and O–H groups in total. The lowest BCUT2D eigenvalue weighted by molar-refractivity contribution is -0.140. The molecule has 1 unspecified atom stereocenters. The number of amides is 3. The smallest absolute Gasteiger partial charge is 0.326 e. The molecule has 0 bridgehead atoms. The zero-order valence-corrected chi connectivity index (χ0v) is 19.4. The largest absolute Gasteiger partial charge is 0.330 e. The van der Waals surface area contributed by atoms with Crippen LogP contribution >= 0.6 is 0 Å². The predicted octanol–water partition coefficient (Wildman–Crippen LogP) is 4.66. The van der Waals surface area contributed by atoms with Crippen LogP contribution in [0.5, 0.6) is 0 Å². The first-order chi connectivity index (χ1) is 14.1. The van der Waals surface area contributed by atoms with Gasteiger partial charge in [-0.2, -0.15) is 0 Å². The van der Waals surface area contributed by atoms with Gasteiger partial charge < -0.3 is 4.90 Å². The van der Waals surface area contributed by atoms with E-state index in [1.165, 1.54) is 15.4 Å². The highest BCUT2D eigenvalue weighted by Gasteiger charge is 2.60. The molecule has 0 heterocycles. The highest BCUT2D eigenvalue weighted by atomic mass is 16.2. The maximum absolute atomic E-state index is 13.5. The lowest BCUT2D eigenvalue weighted by atomic mass is 9.47. The van der Waals surface area contributed by atoms with Crippen molar-refractivity contribution in [3.05, 3.63) is 11.6 Å². The minimum Gasteiger partial charge on any atom is -0.330 e. The number of carbonyl (C=O) groups excluding carboxylic acids is 3. The fourth-order valence-electron chi connectivity index (χ4n) is 7.78. The summed E-state index contributed by atoms with van der Waals surface area (Å²) in [5, 5.41) is 0. The Labute approximate surface area is 181 Å². The van der Waals surface area contributed by atoms with Gasteiger partial charge in [0.15, 0.2) is 5.78 Å². The van der Waals surface area contributed by atoms with E-state index in [2.05, 4.69) is 13.8 Å². The summed E-state index contributed by atoms with van der Waals surface area (Å²) in [5.41, 5.74) is 1.54. The van der Waals surface area contributed by atoms with Gasteiger partial charge in [0.2, 0.25) is 5.91 Å². The number of hydrogen-bond donors (Lipinski definition) is 0. The van der Waals surface area contributed by atoms with Gasteiger partial charge in [0.25, 0.3) is 0 Å². The molecule has 6 atom stereocenters. The van der Waals surface area contributed by atoms with Gasteiger partial charge in [-0.3, -0.25) is 14.5 Å². The summed E-state index contributed by atoms with van der Waals surface area (Å²) in [4.78, 5) is 41.1. The molecule has 4 aliphatic rings. The van der Waals surface area contributed by atoms with Crippen LogP contribution in [0.1, 0.15) is 72.1 Å². The number of rotatable bonds is 2. The topological polar surface area (TPSA) is 57.7 Å². The van der Waals surface area contributed by atoms with Gasteiger partial charge in [-0.1, -0.05) is 19.4 Å². The molecule has 4 rings (SSSR count). The molecule has 0 aromatic carbocycles. The third-order valence-corrected chi connectivity index (χ3v) is 9.46. The number of nitrogens with zero attached hydrogens (tertiary/aromatic N) is 2. The predicted molar refractivity (Wildman–Crippen MR) is 117 cm³/mol. The third kappa shape index (κ3) is 3.06. The van der Waals surface area contributed by atoms with E-state index in [0.717, 1.165) is 44.9 Å². The lowest BCUT2D eigenvalue weighted by Crippen LogP contribution is -2.53. The number of imide groups is 1. The van der Waals surface area contributed by atoms with Crippen LogP contribution in [0.2, 0.25) is 0 Å². The first-order valence-corrected chi connectivity index (χ1v) is 11.9. The highest BCUT2D eigenvalue weighted by molar-refractivity contribution is 5.96. The lowest BCUT2D eigenvalue weighted by Gasteiger charge is -2.58. The summed E-state index contributed by atoms with van der Waals surface area (Å²) in [7, 11) is 3.43. The molecular formula is C25H38N2O3. The standard InChI is InChI=1S/C25H38N2O3/c1-6-27(23(30)26(4)5)22(29)21-10-9-19-18-8-7-16-15-17(28)11-13-24(16,2)20(18)12-14-25(19,21)3/h15,18-21H,6-14H2,1-5H3/t18-,19-,20+,21?,24-,25-/m0/s1. The SMILES string of the molecule is CCN(C(=O)C1CC[C@H]2[C@@H]3CCC4=CC(=O)CC[C@]4(C)[C@@H]3CC[C@]12C)C(=O)N(C)C. The van der Waals surface area contributed by atoms with Crippen molar-refractivity contribution in [1.82, 2.24) is 9.80 Å². The van der Waals surface area contributed by atoms with Crippen LogP contribution in [0, 0.1) is 34.5 Å². The van der Waals surface area contributed by atoms with Crippen LogP contribution < -0.4 is 0 Å². The zero-order chi connectivity index (χ0) is 21.8. The van der Waals surface area contributed by atoms with E-state index in [0.29, 0.717) is 36.5 Å². The van der Waals surface area contributed by atoms with Crippen molar-refractivity contribution >= 4 is 17.7 Å². The van der Waals surface area contributed by atoms with E-state index in [4.69, 9.17) is 0 Å². The number of fused-ring (bicyclic) bond motifs is 5. The van der Waals surface area contributed by atoms with Crippen molar-refractivity contribution in [2.45, 2.75) is 72.1 Å². The maximum atomic E-state index is 13.5. The minimum absolute atomic E-state index is 0.0136. The molecule has 3 fully saturated rings. The van der Waals surface area contributed by atoms with E-state index in [1.54, 1.807) is 14.1 Å². The quantitative estimate of drug-likeness (QED) is 0.660. The molecule has 0 saturated heterocycles. The number of allylic oxidation sites excluding steroid dienone is 1. The molecule has 0 radical (unpaired) electrons. The Morgan fingerprint density at radius 2 is 1.77 bits per heavy atom. The number of ketones is 1. The fourth-order valence-corrected chi connectivity index (χ4v) is 7.78. The van der Waals surface area contributed by atoms with Crippen molar-refractivity contribution in [3.8, 4) is 0 Å². The summed E-state index contributed by atoms with van der Waals surface area (Å²) in [6.07, 6.45) is 10.0. The third-order valence-electron chi connectivity index (χ3n) is 9.46. The Balaban J connectivity index is 1.59. The zero-order valence-electron chi connectivity index (χ0n) is 19.4. The van der Waals surface area contributed by atoms with Crippen LogP contribution in [-0.4, -0.2) is 48.2 Å². The van der Waals surface area contributed by atoms with E-state index in [-0.39, 0.29) is 28.7 Å². The van der Waals surface area contributed by atoms with Crippen LogP contribution in [0.4, 0.5) is 4.79 Å². The molecule has 0 aromatic rings. The fraction of sp³-hybridized carbons (Fsp3) is 0.800. The van der Waals surface area contributed by atoms with Crippen LogP contribution in [0.15, 0.2) is 11.6 Å². The van der Waals surface area contributed by atoms with Gasteiger partial charge >= 0.3 is 6.03 Å². The van der Waals surface area contributed by atoms with Crippen LogP contribution in [-0.2, 0) is 9.59 Å². The molecule has 4 aliphatic carbocycles. The average Bonchev–Trinajstić information content (AvgIpc) is 3.06. The second kappa shape index (κ2) is 7.49. The van der Waals surface area contributed by atoms with Gasteiger partial charge in [0.05, 0.1) is 0 Å². The Bertz CT molecular complexity index is 787. The molecule has 30 heavy (non-hydrogen) atoms. The van der Waals surface area contributed by atoms with Gasteiger partial charge in [-0.15, -0.1) is 0 Å². The monoisotopic (exact) mass is 414 g/mol. The summed E-state index contributed by atoms with van der Waals surface area (Å²) in [6, 6.07) is -0.199. The molecular weight excluding hydrogens is 376 g/mol. The summed E-state index contributed by atoms with van der Waals surface area (Å²) in [6.45, 7) is 7.05. The second-order valence-electron chi connectivity index (χ2n) is 10.9. The van der Waals surface area contributed by atoms with Gasteiger partial charge in [0, 0.05) is 33.0 Å². The van der Waals surface area contributed by atoms with Crippen molar-refractivity contribution in [2.24, 2.45) is 34.5 Å². The van der Waals surface area contributed by atoms with Crippen molar-refractivity contribution < 1.29 is 14.4 Å². The Morgan fingerprint density at radius 3 is 2.43 bits per heavy atom. The summed E-state index contributed by atoms with van der Waals surface area (Å²) < 4.78 is 0. The van der Waals surface area contributed by atoms with Crippen molar-refractivity contribution in [1.29, 1.82) is 0 Å². The first-order valence-electron chi connectivity index (χ1n) is 11.9. The molecule has 5 heteroatoms. The molecule has 5 nitrogen and oxygen atoms in total. The van der Waals surface area contributed by atoms with Crippen LogP contribution in [0.3, 0.4) is 0 Å². The van der Waals surface area contributed by atoms with Crippen LogP contribution in [0.25, 0.3) is 0 Å². The normalized spacial score (nSPS) is 40.0. The maximum Gasteiger partial charge on any atom is 0.326 e. The Morgan fingerprint density at radius 1 is 1.03 bits per heavy atom. The molecule has 0 aliphatic heterocycles. The molecule has 0 spiro atoms. The van der Waals surface area contributed by atoms with E-state index >= 15 is 0 Å². The highest BCUT2D eigenvalue weighted by Crippen LogP contribution is 2.66. The average molecular weight is 415 g/mol. The number of hydrogen-bond acceptors (Lipinski definition) is 3. The van der Waals surface area contributed by atoms with Gasteiger partial charge in [0.1, 0.15) is 0 Å². The number of urea groups is 1. The van der Waals surface area contributed by atoms with E-state index in [1.807, 2.05) is 13.0 Å². The molecule has 3 saturated carbocycles. The number of carbonyl (C=O) groups is 3. The summed E-state index contributed by atoms with van der Waals surface area (Å²) >= 11 is 0. The molecule has 3 amide bonds. The minimum atomic E-state index is -0.199. The van der Waals surface area contributed by atoms with E-state index in [9.17, 15) is 14.4 Å². The summed E-state index contributed by atoms with van der Waals surface area (Å²) in [5.74, 6) is 2.10. The Hall–Kier alpha value is -1.65. The second-order valence-corrected chi connectivity index (χ2v) is 10.9. The van der Waals surface area contributed by atoms with Crippen molar-refractivity contribution in [3.63, 3.8) is 0 Å². The van der Waals surface area contributed by atoms with Gasteiger partial charge in [-0.25, -0.2) is 4.79 Å². The first kappa shape index (κ1) is 21.6. The van der Waals surface area contributed by atoms with Gasteiger partial charge in [-0.05, 0) is 86.5 Å². The Kier molecular flexibility index (Phi) is 5.39. The van der Waals surface area contributed by atoms with Crippen molar-refractivity contribution in [2.75, 3.05) is 20.6 Å².